The van der Waals surface area contributed by atoms with E-state index in [1.165, 1.54) is 12.1 Å². The van der Waals surface area contributed by atoms with Crippen LogP contribution < -0.4 is 4.74 Å². The second-order valence-corrected chi connectivity index (χ2v) is 4.77. The van der Waals surface area contributed by atoms with E-state index in [-0.39, 0.29) is 11.9 Å². The van der Waals surface area contributed by atoms with Gasteiger partial charge in [-0.15, -0.1) is 0 Å². The zero-order chi connectivity index (χ0) is 16.5. The van der Waals surface area contributed by atoms with Gasteiger partial charge in [0.15, 0.2) is 0 Å². The van der Waals surface area contributed by atoms with Crippen LogP contribution in [0.15, 0.2) is 84.9 Å². The van der Waals surface area contributed by atoms with Gasteiger partial charge in [0, 0.05) is 0 Å². The van der Waals surface area contributed by atoms with Crippen molar-refractivity contribution in [2.45, 2.75) is 6.10 Å². The summed E-state index contributed by atoms with van der Waals surface area (Å²) in [6, 6.07) is 26.0. The van der Waals surface area contributed by atoms with Crippen LogP contribution in [0.25, 0.3) is 0 Å². The molecule has 0 saturated heterocycles. The van der Waals surface area contributed by atoms with Gasteiger partial charge in [-0.25, -0.2) is 4.39 Å². The fourth-order valence-corrected chi connectivity index (χ4v) is 2.23. The molecule has 23 heavy (non-hydrogen) atoms. The number of hydrogen-bond acceptors (Lipinski definition) is 2. The second-order valence-electron chi connectivity index (χ2n) is 4.77. The smallest absolute Gasteiger partial charge is 0.149 e. The molecule has 0 amide bonds. The Labute approximate surface area is 135 Å². The van der Waals surface area contributed by atoms with Crippen LogP contribution in [0.4, 0.5) is 4.39 Å². The van der Waals surface area contributed by atoms with Crippen molar-refractivity contribution in [2.75, 3.05) is 0 Å². The summed E-state index contributed by atoms with van der Waals surface area (Å²) in [6.07, 6.45) is -0.255. The highest BCUT2D eigenvalue weighted by atomic mass is 19.1. The Balaban J connectivity index is 0.000000924. The largest absolute Gasteiger partial charge is 0.481 e. The lowest BCUT2D eigenvalue weighted by molar-refractivity contribution is 0.247. The quantitative estimate of drug-likeness (QED) is 0.655. The zero-order valence-electron chi connectivity index (χ0n) is 12.7. The molecule has 0 spiro atoms. The number of hydrogen-bond donors (Lipinski definition) is 1. The Hall–Kier alpha value is -2.94. The SMILES string of the molecule is C=N.Fc1ccc(C(Oc2ccccc2)c2ccccc2)cc1. The van der Waals surface area contributed by atoms with E-state index in [4.69, 9.17) is 10.1 Å². The van der Waals surface area contributed by atoms with Gasteiger partial charge in [0.2, 0.25) is 0 Å². The highest BCUT2D eigenvalue weighted by molar-refractivity contribution is 5.33. The summed E-state index contributed by atoms with van der Waals surface area (Å²) in [6.45, 7) is 2.50. The van der Waals surface area contributed by atoms with E-state index in [1.807, 2.05) is 60.7 Å². The van der Waals surface area contributed by atoms with Crippen molar-refractivity contribution in [3.8, 4) is 5.75 Å². The summed E-state index contributed by atoms with van der Waals surface area (Å²) in [5, 5.41) is 5.50. The highest BCUT2D eigenvalue weighted by Crippen LogP contribution is 2.28. The summed E-state index contributed by atoms with van der Waals surface area (Å²) >= 11 is 0. The monoisotopic (exact) mass is 307 g/mol. The zero-order valence-corrected chi connectivity index (χ0v) is 12.7. The van der Waals surface area contributed by atoms with Gasteiger partial charge in [0.1, 0.15) is 17.7 Å². The molecule has 1 unspecified atom stereocenters. The minimum atomic E-state index is -0.255. The molecule has 1 atom stereocenters. The molecule has 0 bridgehead atoms. The van der Waals surface area contributed by atoms with Gasteiger partial charge < -0.3 is 10.1 Å². The van der Waals surface area contributed by atoms with Crippen LogP contribution in [0, 0.1) is 11.2 Å². The van der Waals surface area contributed by atoms with Gasteiger partial charge in [-0.3, -0.25) is 0 Å². The molecular formula is C20H18FNO. The van der Waals surface area contributed by atoms with Crippen LogP contribution in [-0.2, 0) is 0 Å². The highest BCUT2D eigenvalue weighted by Gasteiger charge is 2.15. The molecule has 0 aliphatic heterocycles. The maximum atomic E-state index is 13.1. The Morgan fingerprint density at radius 1 is 0.696 bits per heavy atom. The molecule has 0 aliphatic rings. The van der Waals surface area contributed by atoms with Crippen LogP contribution in [0.2, 0.25) is 0 Å². The minimum Gasteiger partial charge on any atom is -0.481 e. The van der Waals surface area contributed by atoms with E-state index in [2.05, 4.69) is 6.72 Å². The van der Waals surface area contributed by atoms with Crippen LogP contribution in [0.5, 0.6) is 5.75 Å². The third-order valence-electron chi connectivity index (χ3n) is 3.27. The van der Waals surface area contributed by atoms with Gasteiger partial charge in [-0.1, -0.05) is 60.7 Å². The fraction of sp³-hybridized carbons (Fsp3) is 0.0500. The van der Waals surface area contributed by atoms with Crippen molar-refractivity contribution in [2.24, 2.45) is 0 Å². The van der Waals surface area contributed by atoms with Gasteiger partial charge in [-0.05, 0) is 42.1 Å². The molecule has 3 aromatic rings. The molecule has 2 nitrogen and oxygen atoms in total. The standard InChI is InChI=1S/C19H15FO.CH3N/c20-17-13-11-16(12-14-17)19(15-7-3-1-4-8-15)21-18-9-5-2-6-10-18;1-2/h1-14,19H;2H,1H2. The first-order valence-corrected chi connectivity index (χ1v) is 7.20. The van der Waals surface area contributed by atoms with E-state index < -0.39 is 0 Å². The number of para-hydroxylation sites is 1. The molecule has 3 aromatic carbocycles. The van der Waals surface area contributed by atoms with E-state index in [0.29, 0.717) is 0 Å². The van der Waals surface area contributed by atoms with Crippen molar-refractivity contribution >= 4 is 6.72 Å². The predicted molar refractivity (Wildman–Crippen MR) is 91.6 cm³/mol. The molecule has 0 aromatic heterocycles. The Morgan fingerprint density at radius 2 is 1.17 bits per heavy atom. The van der Waals surface area contributed by atoms with E-state index in [9.17, 15) is 4.39 Å². The Morgan fingerprint density at radius 3 is 1.74 bits per heavy atom. The number of rotatable bonds is 4. The van der Waals surface area contributed by atoms with Crippen LogP contribution >= 0.6 is 0 Å². The van der Waals surface area contributed by atoms with Crippen molar-refractivity contribution in [1.82, 2.24) is 0 Å². The van der Waals surface area contributed by atoms with Gasteiger partial charge >= 0.3 is 0 Å². The third-order valence-corrected chi connectivity index (χ3v) is 3.27. The maximum Gasteiger partial charge on any atom is 0.149 e. The first kappa shape index (κ1) is 16.4. The Kier molecular flexibility index (Phi) is 6.07. The van der Waals surface area contributed by atoms with Crippen LogP contribution in [0.3, 0.4) is 0 Å². The lowest BCUT2D eigenvalue weighted by Gasteiger charge is -2.20. The summed E-state index contributed by atoms with van der Waals surface area (Å²) in [4.78, 5) is 0. The summed E-state index contributed by atoms with van der Waals surface area (Å²) in [5.41, 5.74) is 1.96. The maximum absolute atomic E-state index is 13.1. The lowest BCUT2D eigenvalue weighted by Crippen LogP contribution is -2.09. The molecule has 116 valence electrons. The van der Waals surface area contributed by atoms with Crippen LogP contribution in [0.1, 0.15) is 17.2 Å². The number of benzene rings is 3. The van der Waals surface area contributed by atoms with Gasteiger partial charge in [0.05, 0.1) is 0 Å². The molecule has 0 aliphatic carbocycles. The summed E-state index contributed by atoms with van der Waals surface area (Å²) in [7, 11) is 0. The van der Waals surface area contributed by atoms with E-state index >= 15 is 0 Å². The van der Waals surface area contributed by atoms with Gasteiger partial charge in [-0.2, -0.15) is 0 Å². The minimum absolute atomic E-state index is 0.245. The van der Waals surface area contributed by atoms with Crippen molar-refractivity contribution in [3.63, 3.8) is 0 Å². The van der Waals surface area contributed by atoms with Crippen molar-refractivity contribution < 1.29 is 9.13 Å². The van der Waals surface area contributed by atoms with Crippen molar-refractivity contribution in [3.05, 3.63) is 102 Å². The average molecular weight is 307 g/mol. The van der Waals surface area contributed by atoms with Crippen LogP contribution in [-0.4, -0.2) is 6.72 Å². The second kappa shape index (κ2) is 8.49. The number of halogens is 1. The molecular weight excluding hydrogens is 289 g/mol. The topological polar surface area (TPSA) is 33.1 Å². The summed E-state index contributed by atoms with van der Waals surface area (Å²) in [5.74, 6) is 0.543. The predicted octanol–water partition coefficient (Wildman–Crippen LogP) is 5.26. The molecule has 3 rings (SSSR count). The van der Waals surface area contributed by atoms with Gasteiger partial charge in [0.25, 0.3) is 0 Å². The molecule has 0 heterocycles. The summed E-state index contributed by atoms with van der Waals surface area (Å²) < 4.78 is 19.2. The first-order valence-electron chi connectivity index (χ1n) is 7.20. The Bertz CT molecular complexity index is 699. The average Bonchev–Trinajstić information content (AvgIpc) is 2.64. The lowest BCUT2D eigenvalue weighted by atomic mass is 10.0. The number of nitrogens with one attached hydrogen (secondary N) is 1. The normalized spacial score (nSPS) is 11.0. The van der Waals surface area contributed by atoms with E-state index in [1.54, 1.807) is 12.1 Å². The molecule has 0 radical (unpaired) electrons. The van der Waals surface area contributed by atoms with Crippen molar-refractivity contribution in [1.29, 1.82) is 5.41 Å². The molecule has 3 heteroatoms. The molecule has 0 saturated carbocycles. The molecule has 1 N–H and O–H groups in total. The molecule has 0 fully saturated rings. The third kappa shape index (κ3) is 4.51. The first-order chi connectivity index (χ1) is 11.3. The fourth-order valence-electron chi connectivity index (χ4n) is 2.23. The number of ether oxygens (including phenoxy) is 1. The van der Waals surface area contributed by atoms with E-state index in [0.717, 1.165) is 16.9 Å².